The van der Waals surface area contributed by atoms with Gasteiger partial charge < -0.3 is 4.90 Å². The monoisotopic (exact) mass is 220 g/mol. The van der Waals surface area contributed by atoms with Gasteiger partial charge in [-0.25, -0.2) is 0 Å². The van der Waals surface area contributed by atoms with E-state index in [9.17, 15) is 4.79 Å². The van der Waals surface area contributed by atoms with Crippen LogP contribution in [0.5, 0.6) is 0 Å². The first-order chi connectivity index (χ1) is 7.63. The highest BCUT2D eigenvalue weighted by Gasteiger charge is 2.45. The molecular formula is C13H20N2O. The van der Waals surface area contributed by atoms with Crippen LogP contribution < -0.4 is 0 Å². The standard InChI is InChI=1S/C13H20N2O/c1-9(2)10-4-3-5-15(8-10)13(16)12-6-11(12)7-14/h9-12H,3-6,8H2,1-2H3/t10?,11-,12+/m1/s1. The van der Waals surface area contributed by atoms with Crippen molar-refractivity contribution in [3.63, 3.8) is 0 Å². The second-order valence-electron chi connectivity index (χ2n) is 5.51. The molecule has 0 spiro atoms. The molecule has 16 heavy (non-hydrogen) atoms. The fourth-order valence-corrected chi connectivity index (χ4v) is 2.60. The average Bonchev–Trinajstić information content (AvgIpc) is 3.07. The van der Waals surface area contributed by atoms with Gasteiger partial charge in [0.1, 0.15) is 0 Å². The summed E-state index contributed by atoms with van der Waals surface area (Å²) in [5.74, 6) is 1.57. The molecule has 0 aromatic carbocycles. The van der Waals surface area contributed by atoms with Crippen molar-refractivity contribution in [1.29, 1.82) is 5.26 Å². The minimum Gasteiger partial charge on any atom is -0.342 e. The van der Waals surface area contributed by atoms with E-state index >= 15 is 0 Å². The molecule has 1 saturated carbocycles. The maximum Gasteiger partial charge on any atom is 0.227 e. The van der Waals surface area contributed by atoms with Gasteiger partial charge >= 0.3 is 0 Å². The van der Waals surface area contributed by atoms with E-state index < -0.39 is 0 Å². The topological polar surface area (TPSA) is 44.1 Å². The Morgan fingerprint density at radius 3 is 2.81 bits per heavy atom. The van der Waals surface area contributed by atoms with Crippen molar-refractivity contribution in [1.82, 2.24) is 4.90 Å². The van der Waals surface area contributed by atoms with E-state index in [0.717, 1.165) is 25.9 Å². The highest BCUT2D eigenvalue weighted by atomic mass is 16.2. The van der Waals surface area contributed by atoms with E-state index in [4.69, 9.17) is 5.26 Å². The number of piperidine rings is 1. The van der Waals surface area contributed by atoms with Gasteiger partial charge in [0.25, 0.3) is 0 Å². The van der Waals surface area contributed by atoms with Gasteiger partial charge in [-0.3, -0.25) is 4.79 Å². The third kappa shape index (κ3) is 2.21. The molecule has 3 heteroatoms. The van der Waals surface area contributed by atoms with Crippen LogP contribution in [0.1, 0.15) is 33.1 Å². The molecule has 1 amide bonds. The van der Waals surface area contributed by atoms with Gasteiger partial charge in [-0.15, -0.1) is 0 Å². The first kappa shape index (κ1) is 11.4. The average molecular weight is 220 g/mol. The van der Waals surface area contributed by atoms with Gasteiger partial charge in [0.05, 0.1) is 17.9 Å². The molecule has 1 unspecified atom stereocenters. The third-order valence-electron chi connectivity index (χ3n) is 3.99. The summed E-state index contributed by atoms with van der Waals surface area (Å²) in [6.07, 6.45) is 3.16. The smallest absolute Gasteiger partial charge is 0.227 e. The number of carbonyl (C=O) groups is 1. The summed E-state index contributed by atoms with van der Waals surface area (Å²) in [5, 5.41) is 8.74. The lowest BCUT2D eigenvalue weighted by Crippen LogP contribution is -2.42. The maximum absolute atomic E-state index is 12.1. The van der Waals surface area contributed by atoms with Gasteiger partial charge in [-0.1, -0.05) is 13.8 Å². The fraction of sp³-hybridized carbons (Fsp3) is 0.846. The number of nitriles is 1. The lowest BCUT2D eigenvalue weighted by Gasteiger charge is -2.35. The van der Waals surface area contributed by atoms with Crippen molar-refractivity contribution < 1.29 is 4.79 Å². The number of rotatable bonds is 2. The molecule has 2 rings (SSSR count). The van der Waals surface area contributed by atoms with E-state index in [-0.39, 0.29) is 17.7 Å². The molecule has 2 aliphatic rings. The molecule has 2 fully saturated rings. The van der Waals surface area contributed by atoms with Crippen LogP contribution in [0, 0.1) is 35.0 Å². The Labute approximate surface area is 97.4 Å². The van der Waals surface area contributed by atoms with Gasteiger partial charge in [-0.2, -0.15) is 5.26 Å². The van der Waals surface area contributed by atoms with Crippen LogP contribution in [-0.2, 0) is 4.79 Å². The fourth-order valence-electron chi connectivity index (χ4n) is 2.60. The normalized spacial score (nSPS) is 33.6. The van der Waals surface area contributed by atoms with E-state index in [0.29, 0.717) is 11.8 Å². The summed E-state index contributed by atoms with van der Waals surface area (Å²) < 4.78 is 0. The highest BCUT2D eigenvalue weighted by Crippen LogP contribution is 2.40. The highest BCUT2D eigenvalue weighted by molar-refractivity contribution is 5.82. The predicted octanol–water partition coefficient (Wildman–Crippen LogP) is 2.04. The van der Waals surface area contributed by atoms with Crippen molar-refractivity contribution >= 4 is 5.91 Å². The Balaban J connectivity index is 1.90. The van der Waals surface area contributed by atoms with Gasteiger partial charge in [0.2, 0.25) is 5.91 Å². The Morgan fingerprint density at radius 2 is 2.25 bits per heavy atom. The van der Waals surface area contributed by atoms with Crippen molar-refractivity contribution in [2.75, 3.05) is 13.1 Å². The molecule has 0 N–H and O–H groups in total. The SMILES string of the molecule is CC(C)C1CCCN(C(=O)[C@H]2C[C@@H]2C#N)C1. The molecule has 0 aromatic rings. The van der Waals surface area contributed by atoms with Crippen LogP contribution in [-0.4, -0.2) is 23.9 Å². The molecule has 3 nitrogen and oxygen atoms in total. The molecule has 88 valence electrons. The molecule has 1 saturated heterocycles. The quantitative estimate of drug-likeness (QED) is 0.714. The Kier molecular flexibility index (Phi) is 3.18. The van der Waals surface area contributed by atoms with E-state index in [1.54, 1.807) is 0 Å². The number of carbonyl (C=O) groups excluding carboxylic acids is 1. The van der Waals surface area contributed by atoms with Gasteiger partial charge in [0, 0.05) is 13.1 Å². The molecular weight excluding hydrogens is 200 g/mol. The summed E-state index contributed by atoms with van der Waals surface area (Å²) in [4.78, 5) is 14.1. The minimum absolute atomic E-state index is 0.00641. The zero-order valence-electron chi connectivity index (χ0n) is 10.1. The van der Waals surface area contributed by atoms with Crippen molar-refractivity contribution in [3.05, 3.63) is 0 Å². The van der Waals surface area contributed by atoms with E-state index in [1.807, 2.05) is 4.90 Å². The number of amides is 1. The zero-order valence-corrected chi connectivity index (χ0v) is 10.1. The minimum atomic E-state index is 0.00641. The zero-order chi connectivity index (χ0) is 11.7. The van der Waals surface area contributed by atoms with Crippen molar-refractivity contribution in [2.45, 2.75) is 33.1 Å². The summed E-state index contributed by atoms with van der Waals surface area (Å²) in [7, 11) is 0. The van der Waals surface area contributed by atoms with Crippen LogP contribution in [0.2, 0.25) is 0 Å². The third-order valence-corrected chi connectivity index (χ3v) is 3.99. The van der Waals surface area contributed by atoms with Crippen LogP contribution >= 0.6 is 0 Å². The molecule has 1 aliphatic carbocycles. The predicted molar refractivity (Wildman–Crippen MR) is 61.4 cm³/mol. The summed E-state index contributed by atoms with van der Waals surface area (Å²) >= 11 is 0. The number of nitrogens with zero attached hydrogens (tertiary/aromatic N) is 2. The van der Waals surface area contributed by atoms with Crippen LogP contribution in [0.4, 0.5) is 0 Å². The molecule has 0 aromatic heterocycles. The first-order valence-corrected chi connectivity index (χ1v) is 6.32. The van der Waals surface area contributed by atoms with Gasteiger partial charge in [-0.05, 0) is 31.1 Å². The van der Waals surface area contributed by atoms with E-state index in [1.165, 1.54) is 6.42 Å². The largest absolute Gasteiger partial charge is 0.342 e. The first-order valence-electron chi connectivity index (χ1n) is 6.32. The molecule has 3 atom stereocenters. The van der Waals surface area contributed by atoms with Gasteiger partial charge in [0.15, 0.2) is 0 Å². The lowest BCUT2D eigenvalue weighted by atomic mass is 9.88. The Hall–Kier alpha value is -1.04. The number of hydrogen-bond acceptors (Lipinski definition) is 2. The van der Waals surface area contributed by atoms with Crippen LogP contribution in [0.15, 0.2) is 0 Å². The van der Waals surface area contributed by atoms with E-state index in [2.05, 4.69) is 19.9 Å². The molecule has 1 aliphatic heterocycles. The number of likely N-dealkylation sites (tertiary alicyclic amines) is 1. The lowest BCUT2D eigenvalue weighted by molar-refractivity contribution is -0.134. The molecule has 0 bridgehead atoms. The van der Waals surface area contributed by atoms with Crippen molar-refractivity contribution in [3.8, 4) is 6.07 Å². The van der Waals surface area contributed by atoms with Crippen LogP contribution in [0.3, 0.4) is 0 Å². The van der Waals surface area contributed by atoms with Crippen molar-refractivity contribution in [2.24, 2.45) is 23.7 Å². The Bertz CT molecular complexity index is 318. The summed E-state index contributed by atoms with van der Waals surface area (Å²) in [6, 6.07) is 2.20. The summed E-state index contributed by atoms with van der Waals surface area (Å²) in [5.41, 5.74) is 0. The molecule has 1 heterocycles. The molecule has 0 radical (unpaired) electrons. The second-order valence-corrected chi connectivity index (χ2v) is 5.51. The second kappa shape index (κ2) is 4.45. The summed E-state index contributed by atoms with van der Waals surface area (Å²) in [6.45, 7) is 6.27. The van der Waals surface area contributed by atoms with Crippen LogP contribution in [0.25, 0.3) is 0 Å². The Morgan fingerprint density at radius 1 is 1.50 bits per heavy atom. The maximum atomic E-state index is 12.1. The number of hydrogen-bond donors (Lipinski definition) is 0.